The lowest BCUT2D eigenvalue weighted by molar-refractivity contribution is -0.138. The first kappa shape index (κ1) is 15.9. The van der Waals surface area contributed by atoms with Gasteiger partial charge in [-0.15, -0.1) is 0 Å². The van der Waals surface area contributed by atoms with E-state index in [0.717, 1.165) is 38.2 Å². The van der Waals surface area contributed by atoms with Crippen LogP contribution in [0.5, 0.6) is 11.5 Å². The average Bonchev–Trinajstić information content (AvgIpc) is 2.45. The Morgan fingerprint density at radius 3 is 2.05 bits per heavy atom. The van der Waals surface area contributed by atoms with Crippen LogP contribution in [0.2, 0.25) is 0 Å². The molecular formula is C15H20F3NO2. The van der Waals surface area contributed by atoms with Gasteiger partial charge in [0.15, 0.2) is 11.5 Å². The summed E-state index contributed by atoms with van der Waals surface area (Å²) in [4.78, 5) is 0. The van der Waals surface area contributed by atoms with E-state index in [-0.39, 0.29) is 11.5 Å². The zero-order valence-electron chi connectivity index (χ0n) is 12.2. The fourth-order valence-corrected chi connectivity index (χ4v) is 3.04. The van der Waals surface area contributed by atoms with Crippen LogP contribution in [0.15, 0.2) is 12.1 Å². The number of ether oxygens (including phenoxy) is 2. The van der Waals surface area contributed by atoms with Gasteiger partial charge in [-0.3, -0.25) is 0 Å². The maximum atomic E-state index is 13.1. The SMILES string of the molecule is COc1c(C(F)(F)F)ccc(C2(N)CCCCC2)c1OC. The summed E-state index contributed by atoms with van der Waals surface area (Å²) in [5, 5.41) is 0. The molecule has 0 bridgehead atoms. The van der Waals surface area contributed by atoms with Crippen LogP contribution < -0.4 is 15.2 Å². The minimum Gasteiger partial charge on any atom is -0.492 e. The summed E-state index contributed by atoms with van der Waals surface area (Å²) in [5.74, 6) is -0.199. The lowest BCUT2D eigenvalue weighted by Crippen LogP contribution is -2.39. The van der Waals surface area contributed by atoms with Gasteiger partial charge in [-0.25, -0.2) is 0 Å². The van der Waals surface area contributed by atoms with Gasteiger partial charge < -0.3 is 15.2 Å². The lowest BCUT2D eigenvalue weighted by Gasteiger charge is -2.35. The molecule has 1 aliphatic carbocycles. The topological polar surface area (TPSA) is 44.5 Å². The number of methoxy groups -OCH3 is 2. The number of hydrogen-bond acceptors (Lipinski definition) is 3. The van der Waals surface area contributed by atoms with Gasteiger partial charge in [0.05, 0.1) is 14.2 Å². The Bertz CT molecular complexity index is 508. The zero-order chi connectivity index (χ0) is 15.7. The zero-order valence-corrected chi connectivity index (χ0v) is 12.2. The van der Waals surface area contributed by atoms with Crippen LogP contribution >= 0.6 is 0 Å². The summed E-state index contributed by atoms with van der Waals surface area (Å²) in [5.41, 5.74) is 5.52. The first-order valence-electron chi connectivity index (χ1n) is 6.95. The summed E-state index contributed by atoms with van der Waals surface area (Å²) in [6.45, 7) is 0. The summed E-state index contributed by atoms with van der Waals surface area (Å²) in [6.07, 6.45) is -0.00768. The molecule has 2 N–H and O–H groups in total. The van der Waals surface area contributed by atoms with E-state index in [1.807, 2.05) is 0 Å². The second-order valence-electron chi connectivity index (χ2n) is 5.44. The van der Waals surface area contributed by atoms with Crippen molar-refractivity contribution in [3.8, 4) is 11.5 Å². The molecule has 1 aromatic rings. The Balaban J connectivity index is 2.58. The number of hydrogen-bond donors (Lipinski definition) is 1. The molecule has 6 heteroatoms. The predicted molar refractivity (Wildman–Crippen MR) is 73.5 cm³/mol. The molecule has 1 aliphatic rings. The molecule has 1 fully saturated rings. The molecule has 1 saturated carbocycles. The van der Waals surface area contributed by atoms with Crippen molar-refractivity contribution < 1.29 is 22.6 Å². The standard InChI is InChI=1S/C15H20F3NO2/c1-20-12-10(14(19)8-4-3-5-9-14)6-7-11(13(12)21-2)15(16,17)18/h6-7H,3-5,8-9,19H2,1-2H3. The number of benzene rings is 1. The first-order chi connectivity index (χ1) is 9.83. The Morgan fingerprint density at radius 2 is 1.57 bits per heavy atom. The summed E-state index contributed by atoms with van der Waals surface area (Å²) >= 11 is 0. The van der Waals surface area contributed by atoms with Crippen LogP contribution in [0.1, 0.15) is 43.2 Å². The third-order valence-electron chi connectivity index (χ3n) is 4.11. The van der Waals surface area contributed by atoms with E-state index in [1.165, 1.54) is 20.3 Å². The van der Waals surface area contributed by atoms with Gasteiger partial charge in [-0.1, -0.05) is 25.3 Å². The van der Waals surface area contributed by atoms with E-state index >= 15 is 0 Å². The minimum absolute atomic E-state index is 0.0942. The van der Waals surface area contributed by atoms with Gasteiger partial charge in [-0.05, 0) is 18.9 Å². The molecule has 3 nitrogen and oxygen atoms in total. The quantitative estimate of drug-likeness (QED) is 0.922. The van der Waals surface area contributed by atoms with Gasteiger partial charge in [0.1, 0.15) is 5.56 Å². The highest BCUT2D eigenvalue weighted by Gasteiger charge is 2.40. The second kappa shape index (κ2) is 5.75. The molecule has 0 unspecified atom stereocenters. The molecule has 118 valence electrons. The molecule has 1 aromatic carbocycles. The fourth-order valence-electron chi connectivity index (χ4n) is 3.04. The summed E-state index contributed by atoms with van der Waals surface area (Å²) in [7, 11) is 2.55. The molecule has 2 rings (SSSR count). The molecule has 21 heavy (non-hydrogen) atoms. The number of halogens is 3. The van der Waals surface area contributed by atoms with Crippen molar-refractivity contribution in [3.05, 3.63) is 23.3 Å². The molecule has 0 saturated heterocycles. The minimum atomic E-state index is -4.49. The molecule has 0 aliphatic heterocycles. The third-order valence-corrected chi connectivity index (χ3v) is 4.11. The van der Waals surface area contributed by atoms with Crippen LogP contribution in [0.25, 0.3) is 0 Å². The molecule has 0 atom stereocenters. The Morgan fingerprint density at radius 1 is 1.00 bits per heavy atom. The van der Waals surface area contributed by atoms with E-state index in [0.29, 0.717) is 5.56 Å². The van der Waals surface area contributed by atoms with Gasteiger partial charge in [-0.2, -0.15) is 13.2 Å². The third kappa shape index (κ3) is 2.95. The molecule has 0 amide bonds. The van der Waals surface area contributed by atoms with E-state index < -0.39 is 17.3 Å². The van der Waals surface area contributed by atoms with Crippen molar-refractivity contribution >= 4 is 0 Å². The van der Waals surface area contributed by atoms with E-state index in [4.69, 9.17) is 15.2 Å². The maximum Gasteiger partial charge on any atom is 0.420 e. The van der Waals surface area contributed by atoms with Gasteiger partial charge in [0, 0.05) is 11.1 Å². The number of rotatable bonds is 3. The van der Waals surface area contributed by atoms with Crippen LogP contribution in [0.4, 0.5) is 13.2 Å². The summed E-state index contributed by atoms with van der Waals surface area (Å²) in [6, 6.07) is 2.45. The Kier molecular flexibility index (Phi) is 4.37. The highest BCUT2D eigenvalue weighted by molar-refractivity contribution is 5.55. The maximum absolute atomic E-state index is 13.1. The summed E-state index contributed by atoms with van der Waals surface area (Å²) < 4.78 is 49.3. The Hall–Kier alpha value is -1.43. The molecular weight excluding hydrogens is 283 g/mol. The van der Waals surface area contributed by atoms with Crippen molar-refractivity contribution in [2.45, 2.75) is 43.8 Å². The van der Waals surface area contributed by atoms with Crippen LogP contribution in [0, 0.1) is 0 Å². The largest absolute Gasteiger partial charge is 0.492 e. The van der Waals surface area contributed by atoms with E-state index in [2.05, 4.69) is 0 Å². The number of alkyl halides is 3. The first-order valence-corrected chi connectivity index (χ1v) is 6.95. The monoisotopic (exact) mass is 303 g/mol. The van der Waals surface area contributed by atoms with Crippen molar-refractivity contribution in [2.24, 2.45) is 5.73 Å². The molecule has 0 spiro atoms. The highest BCUT2D eigenvalue weighted by Crippen LogP contribution is 2.48. The molecule has 0 radical (unpaired) electrons. The normalized spacial score (nSPS) is 18.4. The predicted octanol–water partition coefficient (Wildman–Crippen LogP) is 3.84. The van der Waals surface area contributed by atoms with Crippen LogP contribution in [-0.4, -0.2) is 14.2 Å². The molecule has 0 heterocycles. The van der Waals surface area contributed by atoms with Gasteiger partial charge >= 0.3 is 6.18 Å². The Labute approximate surface area is 122 Å². The van der Waals surface area contributed by atoms with Crippen molar-refractivity contribution in [1.29, 1.82) is 0 Å². The second-order valence-corrected chi connectivity index (χ2v) is 5.44. The smallest absolute Gasteiger partial charge is 0.420 e. The van der Waals surface area contributed by atoms with E-state index in [1.54, 1.807) is 0 Å². The van der Waals surface area contributed by atoms with Crippen molar-refractivity contribution in [1.82, 2.24) is 0 Å². The highest BCUT2D eigenvalue weighted by atomic mass is 19.4. The van der Waals surface area contributed by atoms with Crippen LogP contribution in [-0.2, 0) is 11.7 Å². The van der Waals surface area contributed by atoms with Gasteiger partial charge in [0.25, 0.3) is 0 Å². The number of nitrogens with two attached hydrogens (primary N) is 1. The van der Waals surface area contributed by atoms with Crippen molar-refractivity contribution in [3.63, 3.8) is 0 Å². The van der Waals surface area contributed by atoms with Crippen molar-refractivity contribution in [2.75, 3.05) is 14.2 Å². The molecule has 0 aromatic heterocycles. The van der Waals surface area contributed by atoms with Gasteiger partial charge in [0.2, 0.25) is 0 Å². The van der Waals surface area contributed by atoms with Crippen LogP contribution in [0.3, 0.4) is 0 Å². The van der Waals surface area contributed by atoms with E-state index in [9.17, 15) is 13.2 Å². The fraction of sp³-hybridized carbons (Fsp3) is 0.600. The average molecular weight is 303 g/mol. The lowest BCUT2D eigenvalue weighted by atomic mass is 9.76.